The minimum absolute atomic E-state index is 0.227. The molecule has 1 rings (SSSR count). The van der Waals surface area contributed by atoms with Crippen molar-refractivity contribution in [2.24, 2.45) is 0 Å². The molecule has 0 aliphatic heterocycles. The van der Waals surface area contributed by atoms with Crippen molar-refractivity contribution in [1.29, 1.82) is 5.26 Å². The standard InChI is InChI=1S/C11H17N3O2S/c1-17(2,3)5-4-16-9-14-7-10(6-12)13-11(14)8-15/h7-8H,4-5,9H2,1-3H3. The van der Waals surface area contributed by atoms with Crippen molar-refractivity contribution in [2.75, 3.05) is 31.1 Å². The van der Waals surface area contributed by atoms with Crippen molar-refractivity contribution >= 4 is 16.3 Å². The molecule has 94 valence electrons. The Hall–Kier alpha value is -1.32. The van der Waals surface area contributed by atoms with Gasteiger partial charge in [0.1, 0.15) is 12.8 Å². The van der Waals surface area contributed by atoms with Crippen LogP contribution in [0.3, 0.4) is 0 Å². The van der Waals surface area contributed by atoms with Crippen LogP contribution >= 0.6 is 10.0 Å². The lowest BCUT2D eigenvalue weighted by Gasteiger charge is -2.24. The Balaban J connectivity index is 2.49. The molecule has 0 aliphatic rings. The van der Waals surface area contributed by atoms with Crippen molar-refractivity contribution < 1.29 is 9.53 Å². The zero-order valence-electron chi connectivity index (χ0n) is 10.3. The van der Waals surface area contributed by atoms with Crippen molar-refractivity contribution in [2.45, 2.75) is 6.73 Å². The van der Waals surface area contributed by atoms with Gasteiger partial charge in [-0.05, 0) is 18.8 Å². The van der Waals surface area contributed by atoms with Crippen LogP contribution in [0, 0.1) is 11.3 Å². The molecule has 1 aromatic heterocycles. The summed E-state index contributed by atoms with van der Waals surface area (Å²) in [6.45, 7) is 0.912. The van der Waals surface area contributed by atoms with Gasteiger partial charge < -0.3 is 9.30 Å². The van der Waals surface area contributed by atoms with Crippen molar-refractivity contribution in [1.82, 2.24) is 9.55 Å². The summed E-state index contributed by atoms with van der Waals surface area (Å²) in [5.74, 6) is 1.24. The quantitative estimate of drug-likeness (QED) is 0.566. The average Bonchev–Trinajstić information content (AvgIpc) is 2.65. The first kappa shape index (κ1) is 13.7. The van der Waals surface area contributed by atoms with Gasteiger partial charge in [-0.25, -0.2) is 15.0 Å². The first-order chi connectivity index (χ1) is 7.96. The number of aldehydes is 1. The number of carbonyl (C=O) groups is 1. The Morgan fingerprint density at radius 2 is 2.29 bits per heavy atom. The molecule has 0 aromatic carbocycles. The molecule has 1 heterocycles. The summed E-state index contributed by atoms with van der Waals surface area (Å²) < 4.78 is 7.02. The summed E-state index contributed by atoms with van der Waals surface area (Å²) in [6, 6.07) is 1.89. The lowest BCUT2D eigenvalue weighted by Crippen LogP contribution is -2.11. The van der Waals surface area contributed by atoms with E-state index in [0.717, 1.165) is 5.75 Å². The lowest BCUT2D eigenvalue weighted by atomic mass is 10.5. The molecule has 0 saturated heterocycles. The van der Waals surface area contributed by atoms with Gasteiger partial charge in [0.05, 0.1) is 6.61 Å². The van der Waals surface area contributed by atoms with Crippen LogP contribution < -0.4 is 0 Å². The first-order valence-corrected chi connectivity index (χ1v) is 8.15. The molecule has 0 spiro atoms. The molecule has 5 nitrogen and oxygen atoms in total. The highest BCUT2D eigenvalue weighted by atomic mass is 32.3. The Morgan fingerprint density at radius 3 is 2.82 bits per heavy atom. The SMILES string of the molecule is CS(C)(C)CCOCn1cc(C#N)nc1C=O. The van der Waals surface area contributed by atoms with Gasteiger partial charge in [0.2, 0.25) is 0 Å². The third kappa shape index (κ3) is 4.59. The topological polar surface area (TPSA) is 67.9 Å². The van der Waals surface area contributed by atoms with Gasteiger partial charge in [-0.3, -0.25) is 4.79 Å². The molecular formula is C11H17N3O2S. The highest BCUT2D eigenvalue weighted by Gasteiger charge is 2.07. The van der Waals surface area contributed by atoms with E-state index in [1.165, 1.54) is 6.20 Å². The van der Waals surface area contributed by atoms with E-state index in [1.807, 2.05) is 6.07 Å². The second-order valence-corrected chi connectivity index (χ2v) is 9.11. The fraction of sp³-hybridized carbons (Fsp3) is 0.545. The molecule has 0 N–H and O–H groups in total. The van der Waals surface area contributed by atoms with Crippen molar-refractivity contribution in [3.05, 3.63) is 17.7 Å². The zero-order valence-corrected chi connectivity index (χ0v) is 11.2. The van der Waals surface area contributed by atoms with E-state index in [-0.39, 0.29) is 18.2 Å². The molecule has 0 bridgehead atoms. The van der Waals surface area contributed by atoms with E-state index in [1.54, 1.807) is 4.57 Å². The van der Waals surface area contributed by atoms with Crippen LogP contribution in [0.2, 0.25) is 0 Å². The summed E-state index contributed by atoms with van der Waals surface area (Å²) in [5.41, 5.74) is 0.233. The minimum atomic E-state index is -0.565. The predicted molar refractivity (Wildman–Crippen MR) is 68.5 cm³/mol. The molecule has 0 unspecified atom stereocenters. The van der Waals surface area contributed by atoms with E-state index < -0.39 is 10.0 Å². The fourth-order valence-corrected chi connectivity index (χ4v) is 1.77. The van der Waals surface area contributed by atoms with Gasteiger partial charge in [-0.1, -0.05) is 0 Å². The van der Waals surface area contributed by atoms with E-state index >= 15 is 0 Å². The number of nitrogens with zero attached hydrogens (tertiary/aromatic N) is 3. The number of ether oxygens (including phenoxy) is 1. The van der Waals surface area contributed by atoms with Crippen LogP contribution in [0.4, 0.5) is 0 Å². The van der Waals surface area contributed by atoms with Crippen LogP contribution in [-0.4, -0.2) is 47.0 Å². The average molecular weight is 255 g/mol. The Labute approximate surface area is 103 Å². The van der Waals surface area contributed by atoms with Gasteiger partial charge in [-0.2, -0.15) is 5.26 Å². The summed E-state index contributed by atoms with van der Waals surface area (Å²) in [7, 11) is -0.565. The lowest BCUT2D eigenvalue weighted by molar-refractivity contribution is 0.0853. The maximum atomic E-state index is 10.7. The monoisotopic (exact) mass is 255 g/mol. The number of rotatable bonds is 6. The Bertz CT molecular complexity index is 429. The van der Waals surface area contributed by atoms with E-state index in [9.17, 15) is 4.79 Å². The van der Waals surface area contributed by atoms with Crippen molar-refractivity contribution in [3.63, 3.8) is 0 Å². The first-order valence-electron chi connectivity index (χ1n) is 5.12. The molecule has 0 atom stereocenters. The summed E-state index contributed by atoms with van der Waals surface area (Å²) in [4.78, 5) is 14.5. The van der Waals surface area contributed by atoms with Crippen LogP contribution in [0.15, 0.2) is 6.20 Å². The number of hydrogen-bond acceptors (Lipinski definition) is 4. The molecule has 0 radical (unpaired) electrons. The molecule has 6 heteroatoms. The van der Waals surface area contributed by atoms with E-state index in [2.05, 4.69) is 23.8 Å². The van der Waals surface area contributed by atoms with Gasteiger partial charge >= 0.3 is 0 Å². The maximum Gasteiger partial charge on any atom is 0.185 e. The number of nitriles is 1. The molecule has 1 aromatic rings. The third-order valence-electron chi connectivity index (χ3n) is 2.10. The number of aromatic nitrogens is 2. The molecule has 0 fully saturated rings. The summed E-state index contributed by atoms with van der Waals surface area (Å²) >= 11 is 0. The Morgan fingerprint density at radius 1 is 1.59 bits per heavy atom. The smallest absolute Gasteiger partial charge is 0.185 e. The summed E-state index contributed by atoms with van der Waals surface area (Å²) in [5, 5.41) is 8.67. The van der Waals surface area contributed by atoms with Crippen LogP contribution in [0.5, 0.6) is 0 Å². The molecule has 0 aliphatic carbocycles. The highest BCUT2D eigenvalue weighted by Crippen LogP contribution is 2.33. The van der Waals surface area contributed by atoms with E-state index in [4.69, 9.17) is 10.00 Å². The third-order valence-corrected chi connectivity index (χ3v) is 3.49. The summed E-state index contributed by atoms with van der Waals surface area (Å²) in [6.07, 6.45) is 8.81. The number of carbonyl (C=O) groups excluding carboxylic acids is 1. The highest BCUT2D eigenvalue weighted by molar-refractivity contribution is 8.32. The molecule has 0 saturated carbocycles. The predicted octanol–water partition coefficient (Wildman–Crippen LogP) is 1.24. The van der Waals surface area contributed by atoms with Gasteiger partial charge in [0, 0.05) is 11.9 Å². The maximum absolute atomic E-state index is 10.7. The second-order valence-electron chi connectivity index (χ2n) is 4.52. The number of imidazole rings is 1. The van der Waals surface area contributed by atoms with Crippen molar-refractivity contribution in [3.8, 4) is 6.07 Å². The van der Waals surface area contributed by atoms with Crippen LogP contribution in [0.25, 0.3) is 0 Å². The van der Waals surface area contributed by atoms with Gasteiger partial charge in [0.15, 0.2) is 17.8 Å². The Kier molecular flexibility index (Phi) is 4.73. The fourth-order valence-electron chi connectivity index (χ4n) is 1.15. The minimum Gasteiger partial charge on any atom is -0.360 e. The normalized spacial score (nSPS) is 12.1. The zero-order chi connectivity index (χ0) is 12.9. The largest absolute Gasteiger partial charge is 0.360 e. The van der Waals surface area contributed by atoms with Gasteiger partial charge in [-0.15, -0.1) is 0 Å². The van der Waals surface area contributed by atoms with Crippen LogP contribution in [0.1, 0.15) is 16.3 Å². The molecule has 17 heavy (non-hydrogen) atoms. The van der Waals surface area contributed by atoms with E-state index in [0.29, 0.717) is 12.9 Å². The van der Waals surface area contributed by atoms with Crippen LogP contribution in [-0.2, 0) is 11.5 Å². The second kappa shape index (κ2) is 5.84. The molecule has 0 amide bonds. The van der Waals surface area contributed by atoms with Gasteiger partial charge in [0.25, 0.3) is 0 Å². The molecular weight excluding hydrogens is 238 g/mol. The number of hydrogen-bond donors (Lipinski definition) is 0.